The van der Waals surface area contributed by atoms with Gasteiger partial charge >= 0.3 is 0 Å². The van der Waals surface area contributed by atoms with Crippen molar-refractivity contribution < 1.29 is 9.13 Å². The van der Waals surface area contributed by atoms with Crippen LogP contribution in [0, 0.1) is 5.82 Å². The van der Waals surface area contributed by atoms with Gasteiger partial charge in [0.1, 0.15) is 11.6 Å². The normalized spacial score (nSPS) is 12.2. The summed E-state index contributed by atoms with van der Waals surface area (Å²) < 4.78 is 20.9. The molecule has 0 aromatic heterocycles. The maximum Gasteiger partial charge on any atom is 0.133 e. The van der Waals surface area contributed by atoms with Crippen LogP contribution in [0.1, 0.15) is 17.2 Å². The van der Waals surface area contributed by atoms with Crippen LogP contribution in [0.2, 0.25) is 0 Å². The van der Waals surface area contributed by atoms with Crippen molar-refractivity contribution in [1.29, 1.82) is 0 Å². The molecule has 1 N–H and O–H groups in total. The highest BCUT2D eigenvalue weighted by atomic mass is 79.9. The molecule has 112 valence electrons. The predicted octanol–water partition coefficient (Wildman–Crippen LogP) is 4.86. The van der Waals surface area contributed by atoms with Crippen LogP contribution in [-0.4, -0.2) is 14.2 Å². The van der Waals surface area contributed by atoms with Gasteiger partial charge in [-0.2, -0.15) is 0 Å². The highest BCUT2D eigenvalue weighted by Crippen LogP contribution is 2.29. The molecule has 2 rings (SSSR count). The summed E-state index contributed by atoms with van der Waals surface area (Å²) in [5.41, 5.74) is 1.76. The number of methoxy groups -OCH3 is 1. The number of hydrogen-bond acceptors (Lipinski definition) is 2. The summed E-state index contributed by atoms with van der Waals surface area (Å²) >= 11 is 6.75. The lowest BCUT2D eigenvalue weighted by atomic mass is 9.98. The van der Waals surface area contributed by atoms with Crippen molar-refractivity contribution >= 4 is 31.9 Å². The standard InChI is InChI=1S/C16H16Br2FNO/c1-20-15(12-5-4-11(17)9-14(12)19)8-10-3-6-16(21-2)13(18)7-10/h3-7,9,15,20H,8H2,1-2H3. The van der Waals surface area contributed by atoms with Crippen molar-refractivity contribution in [2.45, 2.75) is 12.5 Å². The van der Waals surface area contributed by atoms with Crippen molar-refractivity contribution in [3.8, 4) is 5.75 Å². The van der Waals surface area contributed by atoms with Crippen LogP contribution in [0.15, 0.2) is 45.3 Å². The Hall–Kier alpha value is -0.910. The van der Waals surface area contributed by atoms with Crippen molar-refractivity contribution in [2.75, 3.05) is 14.2 Å². The van der Waals surface area contributed by atoms with E-state index in [-0.39, 0.29) is 11.9 Å². The number of halogens is 3. The molecule has 2 aromatic carbocycles. The second-order valence-corrected chi connectivity index (χ2v) is 6.45. The molecule has 0 fully saturated rings. The average Bonchev–Trinajstić information content (AvgIpc) is 2.45. The van der Waals surface area contributed by atoms with Crippen molar-refractivity contribution in [3.63, 3.8) is 0 Å². The van der Waals surface area contributed by atoms with Crippen molar-refractivity contribution in [1.82, 2.24) is 5.32 Å². The third-order valence-electron chi connectivity index (χ3n) is 3.34. The summed E-state index contributed by atoms with van der Waals surface area (Å²) in [4.78, 5) is 0. The van der Waals surface area contributed by atoms with E-state index in [4.69, 9.17) is 4.74 Å². The fourth-order valence-corrected chi connectivity index (χ4v) is 3.15. The molecule has 2 nitrogen and oxygen atoms in total. The number of likely N-dealkylation sites (N-methyl/N-ethyl adjacent to an activating group) is 1. The number of hydrogen-bond donors (Lipinski definition) is 1. The minimum atomic E-state index is -0.212. The van der Waals surface area contributed by atoms with Crippen LogP contribution in [0.4, 0.5) is 4.39 Å². The molecule has 21 heavy (non-hydrogen) atoms. The molecule has 1 atom stereocenters. The number of nitrogens with one attached hydrogen (secondary N) is 1. The van der Waals surface area contributed by atoms with Gasteiger partial charge in [-0.05, 0) is 59.2 Å². The van der Waals surface area contributed by atoms with Crippen LogP contribution in [0.5, 0.6) is 5.75 Å². The second kappa shape index (κ2) is 7.38. The molecular weight excluding hydrogens is 401 g/mol. The molecule has 0 saturated carbocycles. The van der Waals surface area contributed by atoms with E-state index in [1.807, 2.05) is 31.3 Å². The van der Waals surface area contributed by atoms with Gasteiger partial charge in [0.2, 0.25) is 0 Å². The van der Waals surface area contributed by atoms with Crippen LogP contribution in [0.25, 0.3) is 0 Å². The average molecular weight is 417 g/mol. The van der Waals surface area contributed by atoms with Gasteiger partial charge < -0.3 is 10.1 Å². The Morgan fingerprint density at radius 1 is 1.19 bits per heavy atom. The monoisotopic (exact) mass is 415 g/mol. The summed E-state index contributed by atoms with van der Waals surface area (Å²) in [7, 11) is 3.47. The maximum absolute atomic E-state index is 14.1. The van der Waals surface area contributed by atoms with Gasteiger partial charge in [-0.1, -0.05) is 28.1 Å². The Labute approximate surface area is 141 Å². The van der Waals surface area contributed by atoms with Crippen LogP contribution < -0.4 is 10.1 Å². The molecule has 0 spiro atoms. The lowest BCUT2D eigenvalue weighted by Crippen LogP contribution is -2.20. The molecule has 0 saturated heterocycles. The quantitative estimate of drug-likeness (QED) is 0.751. The maximum atomic E-state index is 14.1. The van der Waals surface area contributed by atoms with Crippen molar-refractivity contribution in [3.05, 3.63) is 62.3 Å². The predicted molar refractivity (Wildman–Crippen MR) is 90.3 cm³/mol. The number of rotatable bonds is 5. The van der Waals surface area contributed by atoms with E-state index >= 15 is 0 Å². The minimum Gasteiger partial charge on any atom is -0.496 e. The van der Waals surface area contributed by atoms with Crippen LogP contribution >= 0.6 is 31.9 Å². The van der Waals surface area contributed by atoms with Gasteiger partial charge in [0, 0.05) is 16.1 Å². The smallest absolute Gasteiger partial charge is 0.133 e. The largest absolute Gasteiger partial charge is 0.496 e. The molecule has 0 heterocycles. The molecule has 0 bridgehead atoms. The van der Waals surface area contributed by atoms with E-state index < -0.39 is 0 Å². The van der Waals surface area contributed by atoms with Crippen LogP contribution in [0.3, 0.4) is 0 Å². The summed E-state index contributed by atoms with van der Waals surface area (Å²) in [5.74, 6) is 0.575. The Kier molecular flexibility index (Phi) is 5.79. The lowest BCUT2D eigenvalue weighted by Gasteiger charge is -2.18. The molecule has 0 aliphatic rings. The Morgan fingerprint density at radius 2 is 1.95 bits per heavy atom. The van der Waals surface area contributed by atoms with E-state index in [0.29, 0.717) is 12.0 Å². The van der Waals surface area contributed by atoms with E-state index in [2.05, 4.69) is 37.2 Å². The third-order valence-corrected chi connectivity index (χ3v) is 4.46. The first-order valence-electron chi connectivity index (χ1n) is 6.49. The summed E-state index contributed by atoms with van der Waals surface area (Å²) in [5, 5.41) is 3.17. The van der Waals surface area contributed by atoms with E-state index in [0.717, 1.165) is 20.3 Å². The third kappa shape index (κ3) is 4.05. The first-order valence-corrected chi connectivity index (χ1v) is 8.08. The fourth-order valence-electron chi connectivity index (χ4n) is 2.22. The Bertz CT molecular complexity index is 634. The first kappa shape index (κ1) is 16.5. The number of benzene rings is 2. The summed E-state index contributed by atoms with van der Waals surface area (Å²) in [6, 6.07) is 11.0. The molecule has 0 aliphatic carbocycles. The lowest BCUT2D eigenvalue weighted by molar-refractivity contribution is 0.412. The second-order valence-electron chi connectivity index (χ2n) is 4.68. The Morgan fingerprint density at radius 3 is 2.52 bits per heavy atom. The highest BCUT2D eigenvalue weighted by molar-refractivity contribution is 9.10. The topological polar surface area (TPSA) is 21.3 Å². The van der Waals surface area contributed by atoms with E-state index in [1.54, 1.807) is 13.2 Å². The molecule has 5 heteroatoms. The zero-order chi connectivity index (χ0) is 15.4. The summed E-state index contributed by atoms with van der Waals surface area (Å²) in [6.45, 7) is 0. The van der Waals surface area contributed by atoms with E-state index in [9.17, 15) is 4.39 Å². The van der Waals surface area contributed by atoms with Crippen molar-refractivity contribution in [2.24, 2.45) is 0 Å². The number of ether oxygens (including phenoxy) is 1. The first-order chi connectivity index (χ1) is 10.0. The van der Waals surface area contributed by atoms with Gasteiger partial charge in [-0.15, -0.1) is 0 Å². The molecule has 0 radical (unpaired) electrons. The van der Waals surface area contributed by atoms with Crippen LogP contribution in [-0.2, 0) is 6.42 Å². The molecule has 0 amide bonds. The molecule has 2 aromatic rings. The molecule has 0 aliphatic heterocycles. The van der Waals surface area contributed by atoms with E-state index in [1.165, 1.54) is 6.07 Å². The van der Waals surface area contributed by atoms with Gasteiger partial charge in [0.05, 0.1) is 11.6 Å². The van der Waals surface area contributed by atoms with Gasteiger partial charge in [0.15, 0.2) is 0 Å². The highest BCUT2D eigenvalue weighted by Gasteiger charge is 2.15. The Balaban J connectivity index is 2.24. The molecular formula is C16H16Br2FNO. The summed E-state index contributed by atoms with van der Waals surface area (Å²) in [6.07, 6.45) is 0.692. The SMILES string of the molecule is CNC(Cc1ccc(OC)c(Br)c1)c1ccc(Br)cc1F. The fraction of sp³-hybridized carbons (Fsp3) is 0.250. The zero-order valence-corrected chi connectivity index (χ0v) is 15.0. The van der Waals surface area contributed by atoms with Gasteiger partial charge in [-0.25, -0.2) is 4.39 Å². The zero-order valence-electron chi connectivity index (χ0n) is 11.8. The van der Waals surface area contributed by atoms with Gasteiger partial charge in [-0.3, -0.25) is 0 Å². The van der Waals surface area contributed by atoms with Gasteiger partial charge in [0.25, 0.3) is 0 Å². The molecule has 1 unspecified atom stereocenters. The minimum absolute atomic E-state index is 0.0848.